The number of para-hydroxylation sites is 2. The maximum Gasteiger partial charge on any atom is 0.228 e. The molecule has 1 aliphatic heterocycles. The molecule has 0 saturated carbocycles. The zero-order valence-electron chi connectivity index (χ0n) is 17.7. The van der Waals surface area contributed by atoms with E-state index in [1.165, 1.54) is 11.3 Å². The monoisotopic (exact) mass is 467 g/mol. The highest BCUT2D eigenvalue weighted by Crippen LogP contribution is 2.25. The fourth-order valence-corrected chi connectivity index (χ4v) is 3.93. The summed E-state index contributed by atoms with van der Waals surface area (Å²) < 4.78 is 0. The zero-order chi connectivity index (χ0) is 20.2. The van der Waals surface area contributed by atoms with E-state index in [-0.39, 0.29) is 24.8 Å². The number of anilines is 3. The van der Waals surface area contributed by atoms with E-state index in [0.29, 0.717) is 0 Å². The van der Waals surface area contributed by atoms with Crippen molar-refractivity contribution < 1.29 is 0 Å². The molecule has 7 heteroatoms. The van der Waals surface area contributed by atoms with E-state index in [2.05, 4.69) is 81.8 Å². The molecule has 5 rings (SSSR count). The van der Waals surface area contributed by atoms with Crippen molar-refractivity contribution in [3.8, 4) is 0 Å². The van der Waals surface area contributed by atoms with Crippen LogP contribution in [0.15, 0.2) is 84.9 Å². The summed E-state index contributed by atoms with van der Waals surface area (Å²) >= 11 is 0. The van der Waals surface area contributed by atoms with Crippen LogP contribution in [0.4, 0.5) is 17.5 Å². The average Bonchev–Trinajstić information content (AvgIpc) is 2.84. The van der Waals surface area contributed by atoms with Crippen LogP contribution in [0.3, 0.4) is 0 Å². The molecule has 0 amide bonds. The number of hydrogen-bond donors (Lipinski definition) is 1. The number of aromatic nitrogens is 2. The van der Waals surface area contributed by atoms with E-state index in [1.54, 1.807) is 0 Å². The van der Waals surface area contributed by atoms with Gasteiger partial charge in [-0.05, 0) is 29.8 Å². The predicted molar refractivity (Wildman–Crippen MR) is 139 cm³/mol. The minimum atomic E-state index is 0. The third-order valence-electron chi connectivity index (χ3n) is 5.58. The summed E-state index contributed by atoms with van der Waals surface area (Å²) in [4.78, 5) is 14.5. The van der Waals surface area contributed by atoms with Crippen LogP contribution < -0.4 is 15.1 Å². The van der Waals surface area contributed by atoms with Gasteiger partial charge in [-0.3, -0.25) is 0 Å². The SMILES string of the molecule is Cl.Cl.c1ccc(CNc2nc(N3CCN(c4ccccc4)CC3)nc3ccccc23)cc1. The van der Waals surface area contributed by atoms with Crippen LogP contribution in [-0.2, 0) is 6.54 Å². The molecule has 0 atom stereocenters. The quantitative estimate of drug-likeness (QED) is 0.424. The lowest BCUT2D eigenvalue weighted by molar-refractivity contribution is 0.641. The number of rotatable bonds is 5. The number of piperazine rings is 1. The molecule has 5 nitrogen and oxygen atoms in total. The number of nitrogens with one attached hydrogen (secondary N) is 1. The van der Waals surface area contributed by atoms with Gasteiger partial charge in [-0.2, -0.15) is 4.98 Å². The second kappa shape index (κ2) is 11.0. The molecule has 166 valence electrons. The van der Waals surface area contributed by atoms with Gasteiger partial charge in [0.2, 0.25) is 5.95 Å². The molecule has 1 N–H and O–H groups in total. The second-order valence-electron chi connectivity index (χ2n) is 7.54. The van der Waals surface area contributed by atoms with Crippen LogP contribution in [0.25, 0.3) is 10.9 Å². The van der Waals surface area contributed by atoms with Gasteiger partial charge in [-0.15, -0.1) is 24.8 Å². The van der Waals surface area contributed by atoms with Crippen molar-refractivity contribution in [2.24, 2.45) is 0 Å². The lowest BCUT2D eigenvalue weighted by Gasteiger charge is -2.36. The van der Waals surface area contributed by atoms with Gasteiger partial charge in [0.05, 0.1) is 5.52 Å². The fraction of sp³-hybridized carbons (Fsp3) is 0.200. The number of halogens is 2. The van der Waals surface area contributed by atoms with E-state index in [4.69, 9.17) is 9.97 Å². The summed E-state index contributed by atoms with van der Waals surface area (Å²) in [5.74, 6) is 1.70. The molecule has 1 aromatic heterocycles. The molecule has 1 saturated heterocycles. The van der Waals surface area contributed by atoms with Gasteiger partial charge in [-0.25, -0.2) is 4.98 Å². The molecule has 3 aromatic carbocycles. The molecule has 0 spiro atoms. The maximum absolute atomic E-state index is 4.92. The summed E-state index contributed by atoms with van der Waals surface area (Å²) in [5, 5.41) is 4.59. The highest BCUT2D eigenvalue weighted by Gasteiger charge is 2.20. The lowest BCUT2D eigenvalue weighted by atomic mass is 10.2. The van der Waals surface area contributed by atoms with Crippen LogP contribution >= 0.6 is 24.8 Å². The Kier molecular flexibility index (Phi) is 8.14. The molecular formula is C25H27Cl2N5. The third kappa shape index (κ3) is 5.23. The van der Waals surface area contributed by atoms with Crippen LogP contribution in [-0.4, -0.2) is 36.1 Å². The van der Waals surface area contributed by atoms with Gasteiger partial charge in [0.1, 0.15) is 5.82 Å². The van der Waals surface area contributed by atoms with Gasteiger partial charge in [-0.1, -0.05) is 60.7 Å². The molecule has 0 bridgehead atoms. The van der Waals surface area contributed by atoms with Crippen molar-refractivity contribution in [3.63, 3.8) is 0 Å². The molecule has 4 aromatic rings. The molecule has 32 heavy (non-hydrogen) atoms. The Labute approximate surface area is 201 Å². The summed E-state index contributed by atoms with van der Waals surface area (Å²) in [7, 11) is 0. The average molecular weight is 468 g/mol. The molecule has 2 heterocycles. The molecule has 1 aliphatic rings. The fourth-order valence-electron chi connectivity index (χ4n) is 3.93. The van der Waals surface area contributed by atoms with E-state index in [9.17, 15) is 0 Å². The Morgan fingerprint density at radius 2 is 1.25 bits per heavy atom. The summed E-state index contributed by atoms with van der Waals surface area (Å²) in [6, 6.07) is 29.2. The van der Waals surface area contributed by atoms with Crippen LogP contribution in [0.1, 0.15) is 5.56 Å². The molecule has 0 aliphatic carbocycles. The third-order valence-corrected chi connectivity index (χ3v) is 5.58. The second-order valence-corrected chi connectivity index (χ2v) is 7.54. The molecule has 0 unspecified atom stereocenters. The van der Waals surface area contributed by atoms with Crippen molar-refractivity contribution >= 4 is 53.2 Å². The summed E-state index contributed by atoms with van der Waals surface area (Å²) in [5.41, 5.74) is 3.49. The molecule has 1 fully saturated rings. The number of hydrogen-bond acceptors (Lipinski definition) is 5. The Hall–Kier alpha value is -3.02. The van der Waals surface area contributed by atoms with E-state index < -0.39 is 0 Å². The van der Waals surface area contributed by atoms with Gasteiger partial charge >= 0.3 is 0 Å². The molecule has 0 radical (unpaired) electrons. The maximum atomic E-state index is 4.92. The lowest BCUT2D eigenvalue weighted by Crippen LogP contribution is -2.47. The van der Waals surface area contributed by atoms with Gasteiger partial charge in [0, 0.05) is 43.8 Å². The van der Waals surface area contributed by atoms with E-state index in [1.807, 2.05) is 18.2 Å². The Morgan fingerprint density at radius 1 is 0.656 bits per heavy atom. The highest BCUT2D eigenvalue weighted by molar-refractivity contribution is 5.90. The van der Waals surface area contributed by atoms with Crippen LogP contribution in [0, 0.1) is 0 Å². The zero-order valence-corrected chi connectivity index (χ0v) is 19.4. The van der Waals surface area contributed by atoms with Crippen molar-refractivity contribution in [3.05, 3.63) is 90.5 Å². The van der Waals surface area contributed by atoms with Crippen molar-refractivity contribution in [2.75, 3.05) is 41.3 Å². The topological polar surface area (TPSA) is 44.3 Å². The predicted octanol–water partition coefficient (Wildman–Crippen LogP) is 5.41. The van der Waals surface area contributed by atoms with E-state index in [0.717, 1.165) is 55.4 Å². The number of fused-ring (bicyclic) bond motifs is 1. The summed E-state index contributed by atoms with van der Waals surface area (Å²) in [6.45, 7) is 4.49. The first-order valence-corrected chi connectivity index (χ1v) is 10.5. The Morgan fingerprint density at radius 3 is 1.97 bits per heavy atom. The largest absolute Gasteiger partial charge is 0.368 e. The first-order valence-electron chi connectivity index (χ1n) is 10.5. The highest BCUT2D eigenvalue weighted by atomic mass is 35.5. The van der Waals surface area contributed by atoms with Crippen LogP contribution in [0.2, 0.25) is 0 Å². The van der Waals surface area contributed by atoms with Crippen molar-refractivity contribution in [1.29, 1.82) is 0 Å². The summed E-state index contributed by atoms with van der Waals surface area (Å²) in [6.07, 6.45) is 0. The van der Waals surface area contributed by atoms with Crippen LogP contribution in [0.5, 0.6) is 0 Å². The first kappa shape index (κ1) is 23.6. The Balaban J connectivity index is 0.00000144. The van der Waals surface area contributed by atoms with Crippen molar-refractivity contribution in [2.45, 2.75) is 6.54 Å². The number of benzene rings is 3. The van der Waals surface area contributed by atoms with Gasteiger partial charge < -0.3 is 15.1 Å². The number of nitrogens with zero attached hydrogens (tertiary/aromatic N) is 4. The standard InChI is InChI=1S/C25H25N5.2ClH/c1-3-9-20(10-4-1)19-26-24-22-13-7-8-14-23(22)27-25(28-24)30-17-15-29(16-18-30)21-11-5-2-6-12-21;;/h1-14H,15-19H2,(H,26,27,28);2*1H. The minimum Gasteiger partial charge on any atom is -0.368 e. The molecular weight excluding hydrogens is 441 g/mol. The Bertz CT molecular complexity index is 1120. The van der Waals surface area contributed by atoms with E-state index >= 15 is 0 Å². The minimum absolute atomic E-state index is 0. The van der Waals surface area contributed by atoms with Crippen molar-refractivity contribution in [1.82, 2.24) is 9.97 Å². The first-order chi connectivity index (χ1) is 14.9. The smallest absolute Gasteiger partial charge is 0.228 e. The normalized spacial score (nSPS) is 13.2. The van der Waals surface area contributed by atoms with Gasteiger partial charge in [0.25, 0.3) is 0 Å². The van der Waals surface area contributed by atoms with Gasteiger partial charge in [0.15, 0.2) is 0 Å².